The van der Waals surface area contributed by atoms with Crippen LogP contribution in [0.4, 0.5) is 22.5 Å². The number of likely N-dealkylation sites (tertiary alicyclic amines) is 1. The molecule has 12 nitrogen and oxygen atoms in total. The largest absolute Gasteiger partial charge is 0.440 e. The molecule has 4 aliphatic rings. The topological polar surface area (TPSA) is 135 Å². The van der Waals surface area contributed by atoms with Crippen molar-refractivity contribution in [2.45, 2.75) is 37.8 Å². The number of hydrogen-bond acceptors (Lipinski definition) is 11. The van der Waals surface area contributed by atoms with E-state index >= 15 is 0 Å². The Kier molecular flexibility index (Phi) is 5.60. The van der Waals surface area contributed by atoms with E-state index in [4.69, 9.17) is 25.2 Å². The Morgan fingerprint density at radius 3 is 2.56 bits per heavy atom. The van der Waals surface area contributed by atoms with Gasteiger partial charge in [0.2, 0.25) is 11.9 Å². The number of anilines is 3. The third-order valence-corrected chi connectivity index (χ3v) is 7.75. The van der Waals surface area contributed by atoms with Crippen molar-refractivity contribution < 1.29 is 14.3 Å². The Balaban J connectivity index is 1.31. The second kappa shape index (κ2) is 8.70. The van der Waals surface area contributed by atoms with Crippen molar-refractivity contribution in [1.29, 1.82) is 0 Å². The maximum Gasteiger partial charge on any atom is 0.410 e. The SMILES string of the molecule is CC1(OC(=O)N2CC[C@](C)(N3CCc4c(-c5cnc(N)nc5)nc(N5CCOCC5)nc43)C2)CNC1. The number of hydrogen-bond donors (Lipinski definition) is 2. The highest BCUT2D eigenvalue weighted by Gasteiger charge is 2.46. The zero-order valence-corrected chi connectivity index (χ0v) is 20.9. The van der Waals surface area contributed by atoms with Crippen molar-refractivity contribution in [3.05, 3.63) is 18.0 Å². The van der Waals surface area contributed by atoms with Gasteiger partial charge in [-0.05, 0) is 26.7 Å². The van der Waals surface area contributed by atoms with Crippen molar-refractivity contribution in [2.75, 3.05) is 74.6 Å². The van der Waals surface area contributed by atoms with Crippen LogP contribution in [0.2, 0.25) is 0 Å². The molecule has 3 saturated heterocycles. The quantitative estimate of drug-likeness (QED) is 0.620. The number of nitrogen functional groups attached to an aromatic ring is 1. The Morgan fingerprint density at radius 2 is 1.86 bits per heavy atom. The van der Waals surface area contributed by atoms with Crippen LogP contribution in [-0.2, 0) is 15.9 Å². The number of aromatic nitrogens is 4. The van der Waals surface area contributed by atoms with Crippen LogP contribution >= 0.6 is 0 Å². The maximum absolute atomic E-state index is 12.9. The molecule has 0 radical (unpaired) electrons. The molecule has 6 rings (SSSR count). The monoisotopic (exact) mass is 495 g/mol. The number of nitrogens with one attached hydrogen (secondary N) is 1. The van der Waals surface area contributed by atoms with Gasteiger partial charge in [-0.15, -0.1) is 0 Å². The molecule has 3 N–H and O–H groups in total. The number of carbonyl (C=O) groups excluding carboxylic acids is 1. The zero-order valence-electron chi connectivity index (χ0n) is 20.9. The van der Waals surface area contributed by atoms with E-state index in [1.807, 2.05) is 11.8 Å². The second-order valence-electron chi connectivity index (χ2n) is 10.6. The number of morpholine rings is 1. The summed E-state index contributed by atoms with van der Waals surface area (Å²) in [6.07, 6.45) is 4.86. The first-order valence-corrected chi connectivity index (χ1v) is 12.6. The molecule has 0 aliphatic carbocycles. The van der Waals surface area contributed by atoms with Crippen LogP contribution in [0.15, 0.2) is 12.4 Å². The summed E-state index contributed by atoms with van der Waals surface area (Å²) in [6, 6.07) is 0. The number of carbonyl (C=O) groups is 1. The molecule has 3 fully saturated rings. The molecule has 1 atom stereocenters. The first kappa shape index (κ1) is 23.2. The van der Waals surface area contributed by atoms with Crippen molar-refractivity contribution in [1.82, 2.24) is 30.2 Å². The molecule has 6 heterocycles. The Morgan fingerprint density at radius 1 is 1.11 bits per heavy atom. The van der Waals surface area contributed by atoms with Gasteiger partial charge in [0.05, 0.1) is 24.4 Å². The van der Waals surface area contributed by atoms with E-state index in [1.165, 1.54) is 0 Å². The van der Waals surface area contributed by atoms with E-state index in [0.29, 0.717) is 45.3 Å². The van der Waals surface area contributed by atoms with Crippen LogP contribution in [0.5, 0.6) is 0 Å². The highest BCUT2D eigenvalue weighted by Crippen LogP contribution is 2.41. The molecular weight excluding hydrogens is 462 g/mol. The van der Waals surface area contributed by atoms with Crippen LogP contribution in [0.1, 0.15) is 25.8 Å². The summed E-state index contributed by atoms with van der Waals surface area (Å²) in [5, 5.41) is 3.18. The van der Waals surface area contributed by atoms with E-state index < -0.39 is 5.60 Å². The van der Waals surface area contributed by atoms with Crippen LogP contribution in [0.25, 0.3) is 11.3 Å². The zero-order chi connectivity index (χ0) is 24.9. The number of rotatable bonds is 4. The Hall–Kier alpha value is -3.25. The first-order chi connectivity index (χ1) is 17.3. The maximum atomic E-state index is 12.9. The summed E-state index contributed by atoms with van der Waals surface area (Å²) < 4.78 is 11.4. The molecule has 0 saturated carbocycles. The molecule has 2 aromatic heterocycles. The van der Waals surface area contributed by atoms with E-state index in [2.05, 4.69) is 32.0 Å². The molecule has 4 aliphatic heterocycles. The predicted molar refractivity (Wildman–Crippen MR) is 134 cm³/mol. The molecule has 2 aromatic rings. The predicted octanol–water partition coefficient (Wildman–Crippen LogP) is 0.678. The van der Waals surface area contributed by atoms with Gasteiger partial charge < -0.3 is 35.2 Å². The lowest BCUT2D eigenvalue weighted by molar-refractivity contribution is -0.0283. The van der Waals surface area contributed by atoms with Gasteiger partial charge in [-0.1, -0.05) is 0 Å². The second-order valence-corrected chi connectivity index (χ2v) is 10.6. The van der Waals surface area contributed by atoms with Gasteiger partial charge >= 0.3 is 6.09 Å². The summed E-state index contributed by atoms with van der Waals surface area (Å²) >= 11 is 0. The lowest BCUT2D eigenvalue weighted by Gasteiger charge is -2.40. The third-order valence-electron chi connectivity index (χ3n) is 7.75. The van der Waals surface area contributed by atoms with Gasteiger partial charge in [0.1, 0.15) is 11.4 Å². The Labute approximate surface area is 210 Å². The molecule has 0 spiro atoms. The van der Waals surface area contributed by atoms with Gasteiger partial charge in [-0.2, -0.15) is 4.98 Å². The molecular formula is C24H33N9O3. The van der Waals surface area contributed by atoms with Crippen molar-refractivity contribution >= 4 is 23.8 Å². The minimum atomic E-state index is -0.410. The fraction of sp³-hybridized carbons (Fsp3) is 0.625. The van der Waals surface area contributed by atoms with Crippen LogP contribution < -0.4 is 20.9 Å². The van der Waals surface area contributed by atoms with Crippen molar-refractivity contribution in [3.8, 4) is 11.3 Å². The van der Waals surface area contributed by atoms with Crippen LogP contribution in [0, 0.1) is 0 Å². The molecule has 1 amide bonds. The number of fused-ring (bicyclic) bond motifs is 1. The summed E-state index contributed by atoms with van der Waals surface area (Å²) in [7, 11) is 0. The number of amides is 1. The lowest BCUT2D eigenvalue weighted by Crippen LogP contribution is -2.60. The lowest BCUT2D eigenvalue weighted by atomic mass is 9.99. The summed E-state index contributed by atoms with van der Waals surface area (Å²) in [5.74, 6) is 1.83. The minimum Gasteiger partial charge on any atom is -0.440 e. The number of nitrogens with zero attached hydrogens (tertiary/aromatic N) is 7. The number of nitrogens with two attached hydrogens (primary N) is 1. The summed E-state index contributed by atoms with van der Waals surface area (Å²) in [4.78, 5) is 37.7. The summed E-state index contributed by atoms with van der Waals surface area (Å²) in [6.45, 7) is 10.4. The van der Waals surface area contributed by atoms with E-state index in [-0.39, 0.29) is 17.6 Å². The normalized spacial score (nSPS) is 25.0. The van der Waals surface area contributed by atoms with E-state index in [1.54, 1.807) is 12.4 Å². The van der Waals surface area contributed by atoms with E-state index in [0.717, 1.165) is 55.1 Å². The van der Waals surface area contributed by atoms with Gasteiger partial charge in [0.25, 0.3) is 0 Å². The molecule has 0 unspecified atom stereocenters. The van der Waals surface area contributed by atoms with Gasteiger partial charge in [-0.3, -0.25) is 0 Å². The Bertz CT molecular complexity index is 1150. The van der Waals surface area contributed by atoms with Crippen LogP contribution in [0.3, 0.4) is 0 Å². The van der Waals surface area contributed by atoms with Gasteiger partial charge in [0.15, 0.2) is 0 Å². The van der Waals surface area contributed by atoms with Gasteiger partial charge in [0, 0.05) is 69.3 Å². The molecule has 0 aromatic carbocycles. The highest BCUT2D eigenvalue weighted by atomic mass is 16.6. The van der Waals surface area contributed by atoms with E-state index in [9.17, 15) is 4.79 Å². The van der Waals surface area contributed by atoms with Crippen LogP contribution in [-0.4, -0.2) is 101 Å². The summed E-state index contributed by atoms with van der Waals surface area (Å²) in [5.41, 5.74) is 7.82. The fourth-order valence-corrected chi connectivity index (χ4v) is 5.52. The standard InChI is InChI=1S/C24H33N9O3/c1-23(4-6-32(15-23)22(34)36-24(2)13-26-14-24)33-5-3-17-18(16-11-27-20(25)28-12-16)29-21(30-19(17)33)31-7-9-35-10-8-31/h11-12,26H,3-10,13-15H2,1-2H3,(H2,25,27,28)/t23-/m0/s1. The van der Waals surface area contributed by atoms with Gasteiger partial charge in [-0.25, -0.2) is 19.7 Å². The minimum absolute atomic E-state index is 0.233. The molecule has 0 bridgehead atoms. The smallest absolute Gasteiger partial charge is 0.410 e. The molecule has 192 valence electrons. The fourth-order valence-electron chi connectivity index (χ4n) is 5.52. The molecule has 12 heteroatoms. The third kappa shape index (κ3) is 4.07. The average Bonchev–Trinajstić information content (AvgIpc) is 3.48. The first-order valence-electron chi connectivity index (χ1n) is 12.6. The average molecular weight is 496 g/mol. The van der Waals surface area contributed by atoms with Crippen molar-refractivity contribution in [2.24, 2.45) is 0 Å². The van der Waals surface area contributed by atoms with Crippen molar-refractivity contribution in [3.63, 3.8) is 0 Å². The molecule has 36 heavy (non-hydrogen) atoms. The highest BCUT2D eigenvalue weighted by molar-refractivity contribution is 5.74. The number of ether oxygens (including phenoxy) is 2.